The summed E-state index contributed by atoms with van der Waals surface area (Å²) in [6, 6.07) is 14.2. The molecule has 1 N–H and O–H groups in total. The van der Waals surface area contributed by atoms with Gasteiger partial charge in [-0.2, -0.15) is 0 Å². The fourth-order valence-corrected chi connectivity index (χ4v) is 1.80. The quantitative estimate of drug-likeness (QED) is 0.925. The van der Waals surface area contributed by atoms with Gasteiger partial charge in [-0.05, 0) is 24.3 Å². The van der Waals surface area contributed by atoms with Crippen LogP contribution in [0.4, 0.5) is 5.69 Å². The van der Waals surface area contributed by atoms with Gasteiger partial charge in [0.25, 0.3) is 5.91 Å². The van der Waals surface area contributed by atoms with Crippen molar-refractivity contribution in [2.75, 3.05) is 11.9 Å². The molecule has 0 atom stereocenters. The Balaban J connectivity index is 1.92. The fraction of sp³-hybridized carbons (Fsp3) is 0.0714. The van der Waals surface area contributed by atoms with Crippen LogP contribution in [-0.4, -0.2) is 12.5 Å². The molecule has 2 rings (SSSR count). The summed E-state index contributed by atoms with van der Waals surface area (Å²) in [7, 11) is 0. The SMILES string of the molecule is O=C(COc1cccc(Cl)c1Cl)Nc1ccccc1. The predicted molar refractivity (Wildman–Crippen MR) is 77.0 cm³/mol. The summed E-state index contributed by atoms with van der Waals surface area (Å²) in [4.78, 5) is 11.7. The van der Waals surface area contributed by atoms with Crippen LogP contribution in [0.5, 0.6) is 5.75 Å². The largest absolute Gasteiger partial charge is 0.482 e. The molecule has 0 bridgehead atoms. The fourth-order valence-electron chi connectivity index (χ4n) is 1.46. The lowest BCUT2D eigenvalue weighted by atomic mass is 10.3. The standard InChI is InChI=1S/C14H11Cl2NO2/c15-11-7-4-8-12(14(11)16)19-9-13(18)17-10-5-2-1-3-6-10/h1-8H,9H2,(H,17,18). The lowest BCUT2D eigenvalue weighted by Crippen LogP contribution is -2.20. The number of rotatable bonds is 4. The van der Waals surface area contributed by atoms with Crippen LogP contribution in [0.3, 0.4) is 0 Å². The van der Waals surface area contributed by atoms with Crippen molar-refractivity contribution in [1.29, 1.82) is 0 Å². The molecule has 0 aromatic heterocycles. The van der Waals surface area contributed by atoms with Gasteiger partial charge in [0.15, 0.2) is 6.61 Å². The van der Waals surface area contributed by atoms with E-state index in [0.717, 1.165) is 0 Å². The first-order valence-electron chi connectivity index (χ1n) is 5.58. The number of para-hydroxylation sites is 1. The van der Waals surface area contributed by atoms with E-state index in [1.54, 1.807) is 30.3 Å². The second kappa shape index (κ2) is 6.45. The average molecular weight is 296 g/mol. The van der Waals surface area contributed by atoms with E-state index in [1.807, 2.05) is 18.2 Å². The van der Waals surface area contributed by atoms with E-state index in [-0.39, 0.29) is 12.5 Å². The summed E-state index contributed by atoms with van der Waals surface area (Å²) in [6.07, 6.45) is 0. The minimum absolute atomic E-state index is 0.130. The third-order valence-electron chi connectivity index (χ3n) is 2.33. The molecule has 19 heavy (non-hydrogen) atoms. The number of hydrogen-bond acceptors (Lipinski definition) is 2. The minimum atomic E-state index is -0.262. The molecule has 2 aromatic rings. The molecule has 5 heteroatoms. The van der Waals surface area contributed by atoms with E-state index in [1.165, 1.54) is 0 Å². The number of anilines is 1. The molecule has 1 amide bonds. The van der Waals surface area contributed by atoms with Crippen molar-refractivity contribution >= 4 is 34.8 Å². The Kier molecular flexibility index (Phi) is 4.66. The van der Waals surface area contributed by atoms with Gasteiger partial charge in [0.1, 0.15) is 10.8 Å². The highest BCUT2D eigenvalue weighted by atomic mass is 35.5. The zero-order valence-electron chi connectivity index (χ0n) is 9.90. The molecule has 0 unspecified atom stereocenters. The average Bonchev–Trinajstić information content (AvgIpc) is 2.42. The Hall–Kier alpha value is -1.71. The van der Waals surface area contributed by atoms with Gasteiger partial charge >= 0.3 is 0 Å². The number of nitrogens with one attached hydrogen (secondary N) is 1. The van der Waals surface area contributed by atoms with Crippen LogP contribution in [0.15, 0.2) is 48.5 Å². The Bertz CT molecular complexity index is 573. The molecule has 0 fully saturated rings. The van der Waals surface area contributed by atoms with Gasteiger partial charge in [-0.25, -0.2) is 0 Å². The Morgan fingerprint density at radius 1 is 1.05 bits per heavy atom. The highest BCUT2D eigenvalue weighted by Crippen LogP contribution is 2.31. The third kappa shape index (κ3) is 3.88. The number of halogens is 2. The lowest BCUT2D eigenvalue weighted by Gasteiger charge is -2.09. The summed E-state index contributed by atoms with van der Waals surface area (Å²) in [6.45, 7) is -0.130. The predicted octanol–water partition coefficient (Wildman–Crippen LogP) is 4.01. The molecule has 0 saturated heterocycles. The van der Waals surface area contributed by atoms with Crippen molar-refractivity contribution in [2.24, 2.45) is 0 Å². The highest BCUT2D eigenvalue weighted by Gasteiger charge is 2.08. The van der Waals surface area contributed by atoms with Crippen LogP contribution >= 0.6 is 23.2 Å². The van der Waals surface area contributed by atoms with Crippen LogP contribution in [0.25, 0.3) is 0 Å². The van der Waals surface area contributed by atoms with E-state index in [4.69, 9.17) is 27.9 Å². The van der Waals surface area contributed by atoms with E-state index in [9.17, 15) is 4.79 Å². The second-order valence-corrected chi connectivity index (χ2v) is 4.54. The van der Waals surface area contributed by atoms with Crippen LogP contribution in [0, 0.1) is 0 Å². The third-order valence-corrected chi connectivity index (χ3v) is 3.13. The van der Waals surface area contributed by atoms with Crippen molar-refractivity contribution in [3.05, 3.63) is 58.6 Å². The Morgan fingerprint density at radius 3 is 2.53 bits per heavy atom. The summed E-state index contributed by atoms with van der Waals surface area (Å²) in [5.41, 5.74) is 0.716. The van der Waals surface area contributed by atoms with Crippen molar-refractivity contribution in [3.63, 3.8) is 0 Å². The molecule has 0 aliphatic rings. The van der Waals surface area contributed by atoms with Gasteiger partial charge in [-0.1, -0.05) is 47.5 Å². The first kappa shape index (κ1) is 13.7. The molecule has 2 aromatic carbocycles. The van der Waals surface area contributed by atoms with E-state index in [2.05, 4.69) is 5.32 Å². The zero-order chi connectivity index (χ0) is 13.7. The van der Waals surface area contributed by atoms with Gasteiger partial charge in [-0.3, -0.25) is 4.79 Å². The number of hydrogen-bond donors (Lipinski definition) is 1. The van der Waals surface area contributed by atoms with Crippen molar-refractivity contribution in [3.8, 4) is 5.75 Å². The minimum Gasteiger partial charge on any atom is -0.482 e. The lowest BCUT2D eigenvalue weighted by molar-refractivity contribution is -0.118. The summed E-state index contributed by atoms with van der Waals surface area (Å²) < 4.78 is 5.32. The topological polar surface area (TPSA) is 38.3 Å². The van der Waals surface area contributed by atoms with E-state index >= 15 is 0 Å². The van der Waals surface area contributed by atoms with Crippen molar-refractivity contribution in [1.82, 2.24) is 0 Å². The molecule has 0 aliphatic heterocycles. The van der Waals surface area contributed by atoms with Crippen LogP contribution in [-0.2, 0) is 4.79 Å². The highest BCUT2D eigenvalue weighted by molar-refractivity contribution is 6.42. The smallest absolute Gasteiger partial charge is 0.262 e. The van der Waals surface area contributed by atoms with Gasteiger partial charge in [0.2, 0.25) is 0 Å². The number of benzene rings is 2. The Morgan fingerprint density at radius 2 is 1.79 bits per heavy atom. The Labute approximate surface area is 121 Å². The van der Waals surface area contributed by atoms with Crippen molar-refractivity contribution < 1.29 is 9.53 Å². The molecule has 0 heterocycles. The van der Waals surface area contributed by atoms with Crippen LogP contribution in [0.1, 0.15) is 0 Å². The normalized spacial score (nSPS) is 10.0. The van der Waals surface area contributed by atoms with E-state index in [0.29, 0.717) is 21.5 Å². The molecule has 0 spiro atoms. The van der Waals surface area contributed by atoms with E-state index < -0.39 is 0 Å². The number of carbonyl (C=O) groups is 1. The van der Waals surface area contributed by atoms with Crippen LogP contribution in [0.2, 0.25) is 10.0 Å². The summed E-state index contributed by atoms with van der Waals surface area (Å²) in [5, 5.41) is 3.40. The maximum absolute atomic E-state index is 11.7. The molecule has 0 aliphatic carbocycles. The number of amides is 1. The molecule has 0 radical (unpaired) electrons. The van der Waals surface area contributed by atoms with Gasteiger partial charge < -0.3 is 10.1 Å². The number of ether oxygens (including phenoxy) is 1. The maximum Gasteiger partial charge on any atom is 0.262 e. The molecular weight excluding hydrogens is 285 g/mol. The monoisotopic (exact) mass is 295 g/mol. The second-order valence-electron chi connectivity index (χ2n) is 3.75. The molecular formula is C14H11Cl2NO2. The molecule has 3 nitrogen and oxygen atoms in total. The summed E-state index contributed by atoms with van der Waals surface area (Å²) >= 11 is 11.8. The summed E-state index contributed by atoms with van der Waals surface area (Å²) in [5.74, 6) is 0.125. The van der Waals surface area contributed by atoms with Gasteiger partial charge in [0, 0.05) is 5.69 Å². The zero-order valence-corrected chi connectivity index (χ0v) is 11.4. The molecule has 0 saturated carbocycles. The van der Waals surface area contributed by atoms with Crippen LogP contribution < -0.4 is 10.1 Å². The maximum atomic E-state index is 11.7. The van der Waals surface area contributed by atoms with Gasteiger partial charge in [0.05, 0.1) is 5.02 Å². The first-order chi connectivity index (χ1) is 9.16. The number of carbonyl (C=O) groups excluding carboxylic acids is 1. The molecule has 98 valence electrons. The van der Waals surface area contributed by atoms with Gasteiger partial charge in [-0.15, -0.1) is 0 Å². The van der Waals surface area contributed by atoms with Crippen molar-refractivity contribution in [2.45, 2.75) is 0 Å². The first-order valence-corrected chi connectivity index (χ1v) is 6.34.